The van der Waals surface area contributed by atoms with Crippen molar-refractivity contribution < 1.29 is 17.6 Å². The molecule has 1 aliphatic heterocycles. The van der Waals surface area contributed by atoms with Gasteiger partial charge < -0.3 is 9.32 Å². The van der Waals surface area contributed by atoms with Crippen LogP contribution >= 0.6 is 0 Å². The van der Waals surface area contributed by atoms with E-state index in [0.717, 1.165) is 32.1 Å². The minimum Gasteiger partial charge on any atom is -0.438 e. The molecule has 2 atom stereocenters. The Balaban J connectivity index is 1.76. The number of carbonyl (C=O) groups is 1. The topological polar surface area (TPSA) is 70.8 Å². The van der Waals surface area contributed by atoms with Crippen LogP contribution in [0.4, 0.5) is 0 Å². The van der Waals surface area contributed by atoms with Crippen LogP contribution in [0.1, 0.15) is 56.0 Å². The van der Waals surface area contributed by atoms with Gasteiger partial charge in [0.1, 0.15) is 0 Å². The Labute approximate surface area is 143 Å². The predicted molar refractivity (Wildman–Crippen MR) is 90.2 cm³/mol. The van der Waals surface area contributed by atoms with Crippen LogP contribution in [0.15, 0.2) is 21.6 Å². The molecule has 2 aliphatic rings. The highest BCUT2D eigenvalue weighted by Crippen LogP contribution is 2.29. The summed E-state index contributed by atoms with van der Waals surface area (Å²) in [6.45, 7) is 3.20. The maximum atomic E-state index is 12.7. The van der Waals surface area contributed by atoms with Gasteiger partial charge in [-0.2, -0.15) is 4.31 Å². The number of carbonyl (C=O) groups excluding carboxylic acids is 1. The van der Waals surface area contributed by atoms with Gasteiger partial charge in [0, 0.05) is 26.2 Å². The summed E-state index contributed by atoms with van der Waals surface area (Å²) in [4.78, 5) is 14.4. The molecule has 134 valence electrons. The Bertz CT molecular complexity index is 691. The highest BCUT2D eigenvalue weighted by molar-refractivity contribution is 7.89. The van der Waals surface area contributed by atoms with Gasteiger partial charge in [0.05, 0.1) is 0 Å². The van der Waals surface area contributed by atoms with E-state index in [0.29, 0.717) is 19.0 Å². The van der Waals surface area contributed by atoms with E-state index in [1.807, 2.05) is 0 Å². The molecule has 0 radical (unpaired) electrons. The zero-order valence-electron chi connectivity index (χ0n) is 14.4. The molecule has 7 heteroatoms. The lowest BCUT2D eigenvalue weighted by molar-refractivity contribution is 0.0592. The summed E-state index contributed by atoms with van der Waals surface area (Å²) in [6, 6.07) is 3.07. The minimum atomic E-state index is -3.62. The Kier molecular flexibility index (Phi) is 5.01. The summed E-state index contributed by atoms with van der Waals surface area (Å²) in [6.07, 6.45) is 6.18. The zero-order valence-corrected chi connectivity index (χ0v) is 15.2. The minimum absolute atomic E-state index is 0.105. The van der Waals surface area contributed by atoms with Crippen molar-refractivity contribution in [1.82, 2.24) is 9.21 Å². The third kappa shape index (κ3) is 3.24. The van der Waals surface area contributed by atoms with Crippen LogP contribution in [0.5, 0.6) is 0 Å². The van der Waals surface area contributed by atoms with E-state index in [1.54, 1.807) is 11.9 Å². The van der Waals surface area contributed by atoms with Gasteiger partial charge in [0.15, 0.2) is 5.76 Å². The molecular weight excluding hydrogens is 328 g/mol. The van der Waals surface area contributed by atoms with Gasteiger partial charge in [-0.15, -0.1) is 0 Å². The molecule has 2 fully saturated rings. The number of sulfonamides is 1. The van der Waals surface area contributed by atoms with Crippen LogP contribution in [0, 0.1) is 5.92 Å². The van der Waals surface area contributed by atoms with E-state index in [1.165, 1.54) is 22.9 Å². The molecule has 1 amide bonds. The van der Waals surface area contributed by atoms with Crippen molar-refractivity contribution in [3.05, 3.63) is 17.9 Å². The highest BCUT2D eigenvalue weighted by Gasteiger charge is 2.33. The fraction of sp³-hybridized carbons (Fsp3) is 0.706. The molecule has 1 saturated heterocycles. The van der Waals surface area contributed by atoms with Crippen LogP contribution in [-0.4, -0.2) is 49.7 Å². The van der Waals surface area contributed by atoms with Crippen LogP contribution in [0.25, 0.3) is 0 Å². The lowest BCUT2D eigenvalue weighted by Crippen LogP contribution is -2.42. The molecule has 0 spiro atoms. The molecule has 2 heterocycles. The number of hydrogen-bond donors (Lipinski definition) is 0. The normalized spacial score (nSPS) is 25.8. The average Bonchev–Trinajstić information content (AvgIpc) is 3.26. The van der Waals surface area contributed by atoms with Gasteiger partial charge in [-0.1, -0.05) is 19.8 Å². The molecule has 1 aliphatic carbocycles. The van der Waals surface area contributed by atoms with Crippen LogP contribution in [0.2, 0.25) is 0 Å². The van der Waals surface area contributed by atoms with Crippen LogP contribution in [0.3, 0.4) is 0 Å². The molecule has 1 aromatic rings. The molecule has 0 N–H and O–H groups in total. The summed E-state index contributed by atoms with van der Waals surface area (Å²) in [5.74, 6) is 0.320. The fourth-order valence-electron chi connectivity index (χ4n) is 3.83. The molecule has 24 heavy (non-hydrogen) atoms. The van der Waals surface area contributed by atoms with Gasteiger partial charge in [-0.3, -0.25) is 4.79 Å². The van der Waals surface area contributed by atoms with Gasteiger partial charge >= 0.3 is 0 Å². The van der Waals surface area contributed by atoms with Gasteiger partial charge in [0.2, 0.25) is 5.09 Å². The van der Waals surface area contributed by atoms with Crippen molar-refractivity contribution in [2.45, 2.75) is 56.6 Å². The van der Waals surface area contributed by atoms with Gasteiger partial charge in [-0.05, 0) is 43.7 Å². The smallest absolute Gasteiger partial charge is 0.289 e. The molecule has 0 unspecified atom stereocenters. The van der Waals surface area contributed by atoms with Gasteiger partial charge in [0.25, 0.3) is 15.9 Å². The average molecular weight is 354 g/mol. The van der Waals surface area contributed by atoms with Gasteiger partial charge in [-0.25, -0.2) is 8.42 Å². The van der Waals surface area contributed by atoms with Crippen molar-refractivity contribution in [3.63, 3.8) is 0 Å². The number of nitrogens with zero attached hydrogens (tertiary/aromatic N) is 2. The number of hydrogen-bond acceptors (Lipinski definition) is 4. The van der Waals surface area contributed by atoms with E-state index < -0.39 is 10.0 Å². The molecule has 0 aromatic carbocycles. The van der Waals surface area contributed by atoms with Crippen molar-refractivity contribution in [2.24, 2.45) is 5.92 Å². The number of furan rings is 1. The van der Waals surface area contributed by atoms with Crippen molar-refractivity contribution in [1.29, 1.82) is 0 Å². The van der Waals surface area contributed by atoms with E-state index in [4.69, 9.17) is 4.42 Å². The van der Waals surface area contributed by atoms with Crippen molar-refractivity contribution in [2.75, 3.05) is 20.1 Å². The Morgan fingerprint density at radius 1 is 1.17 bits per heavy atom. The molecule has 3 rings (SSSR count). The quantitative estimate of drug-likeness (QED) is 0.833. The summed E-state index contributed by atoms with van der Waals surface area (Å²) in [7, 11) is -1.83. The van der Waals surface area contributed by atoms with E-state index in [-0.39, 0.29) is 22.8 Å². The molecule has 6 nitrogen and oxygen atoms in total. The second-order valence-electron chi connectivity index (χ2n) is 6.98. The third-order valence-corrected chi connectivity index (χ3v) is 7.11. The van der Waals surface area contributed by atoms with E-state index >= 15 is 0 Å². The Morgan fingerprint density at radius 2 is 1.83 bits per heavy atom. The predicted octanol–water partition coefficient (Wildman–Crippen LogP) is 2.71. The second-order valence-corrected chi connectivity index (χ2v) is 8.84. The highest BCUT2D eigenvalue weighted by atomic mass is 32.2. The fourth-order valence-corrected chi connectivity index (χ4v) is 5.25. The number of amides is 1. The Morgan fingerprint density at radius 3 is 2.50 bits per heavy atom. The first-order valence-corrected chi connectivity index (χ1v) is 10.2. The first-order valence-electron chi connectivity index (χ1n) is 8.78. The second kappa shape index (κ2) is 6.88. The van der Waals surface area contributed by atoms with E-state index in [2.05, 4.69) is 6.92 Å². The largest absolute Gasteiger partial charge is 0.438 e. The van der Waals surface area contributed by atoms with Crippen molar-refractivity contribution in [3.8, 4) is 0 Å². The first kappa shape index (κ1) is 17.5. The maximum absolute atomic E-state index is 12.7. The van der Waals surface area contributed by atoms with Crippen molar-refractivity contribution >= 4 is 15.9 Å². The zero-order chi connectivity index (χ0) is 17.3. The number of rotatable bonds is 4. The summed E-state index contributed by atoms with van der Waals surface area (Å²) >= 11 is 0. The lowest BCUT2D eigenvalue weighted by atomic mass is 9.85. The summed E-state index contributed by atoms with van der Waals surface area (Å²) in [5, 5.41) is -0.127. The molecule has 1 aromatic heterocycles. The third-order valence-electron chi connectivity index (χ3n) is 5.34. The SMILES string of the molecule is C[C@H]1CCCC[C@H]1N(C)C(=O)c1ccc(S(=O)(=O)N2CCCC2)o1. The van der Waals surface area contributed by atoms with Crippen LogP contribution < -0.4 is 0 Å². The molecular formula is C17H26N2O4S. The molecule has 0 bridgehead atoms. The maximum Gasteiger partial charge on any atom is 0.289 e. The van der Waals surface area contributed by atoms with Crippen LogP contribution in [-0.2, 0) is 10.0 Å². The first-order chi connectivity index (χ1) is 11.4. The standard InChI is InChI=1S/C17H26N2O4S/c1-13-7-3-4-8-14(13)18(2)17(20)15-9-10-16(23-15)24(21,22)19-11-5-6-12-19/h9-10,13-14H,3-8,11-12H2,1-2H3/t13-,14+/m0/s1. The molecule has 1 saturated carbocycles. The monoisotopic (exact) mass is 354 g/mol. The summed E-state index contributed by atoms with van der Waals surface area (Å²) in [5.41, 5.74) is 0. The lowest BCUT2D eigenvalue weighted by Gasteiger charge is -2.35. The Hall–Kier alpha value is -1.34. The summed E-state index contributed by atoms with van der Waals surface area (Å²) < 4.78 is 31.9. The van der Waals surface area contributed by atoms with E-state index in [9.17, 15) is 13.2 Å².